The molecule has 2 N–H and O–H groups in total. The zero-order chi connectivity index (χ0) is 14.7. The molecule has 0 saturated carbocycles. The van der Waals surface area contributed by atoms with Crippen LogP contribution < -0.4 is 10.7 Å². The van der Waals surface area contributed by atoms with Crippen LogP contribution in [0.1, 0.15) is 25.7 Å². The SMILES string of the molecule is O=C1CCC(C(=O)Nc2cnn(CC3CCCO3)c2)=NN1. The summed E-state index contributed by atoms with van der Waals surface area (Å²) in [5, 5.41) is 10.7. The minimum Gasteiger partial charge on any atom is -0.376 e. The lowest BCUT2D eigenvalue weighted by molar-refractivity contribution is -0.121. The van der Waals surface area contributed by atoms with Gasteiger partial charge in [0.25, 0.3) is 5.91 Å². The van der Waals surface area contributed by atoms with E-state index in [0.717, 1.165) is 19.4 Å². The van der Waals surface area contributed by atoms with Crippen LogP contribution in [-0.2, 0) is 20.9 Å². The Morgan fingerprint density at radius 2 is 2.43 bits per heavy atom. The Balaban J connectivity index is 1.56. The molecule has 1 saturated heterocycles. The van der Waals surface area contributed by atoms with Gasteiger partial charge in [-0.3, -0.25) is 14.3 Å². The predicted molar refractivity (Wildman–Crippen MR) is 74.6 cm³/mol. The summed E-state index contributed by atoms with van der Waals surface area (Å²) >= 11 is 0. The molecule has 0 spiro atoms. The summed E-state index contributed by atoms with van der Waals surface area (Å²) in [5.41, 5.74) is 3.23. The Labute approximate surface area is 121 Å². The first-order valence-electron chi connectivity index (χ1n) is 7.01. The average molecular weight is 291 g/mol. The summed E-state index contributed by atoms with van der Waals surface area (Å²) in [6, 6.07) is 0. The van der Waals surface area contributed by atoms with Gasteiger partial charge in [-0.05, 0) is 12.8 Å². The number of hydrogen-bond acceptors (Lipinski definition) is 5. The Bertz CT molecular complexity index is 574. The lowest BCUT2D eigenvalue weighted by Crippen LogP contribution is -2.32. The summed E-state index contributed by atoms with van der Waals surface area (Å²) in [6.45, 7) is 1.49. The lowest BCUT2D eigenvalue weighted by atomic mass is 10.1. The average Bonchev–Trinajstić information content (AvgIpc) is 3.12. The van der Waals surface area contributed by atoms with Crippen molar-refractivity contribution in [3.05, 3.63) is 12.4 Å². The van der Waals surface area contributed by atoms with E-state index in [2.05, 4.69) is 20.9 Å². The van der Waals surface area contributed by atoms with Gasteiger partial charge in [-0.15, -0.1) is 0 Å². The van der Waals surface area contributed by atoms with Crippen molar-refractivity contribution in [2.24, 2.45) is 5.10 Å². The van der Waals surface area contributed by atoms with Crippen LogP contribution in [0, 0.1) is 0 Å². The summed E-state index contributed by atoms with van der Waals surface area (Å²) in [4.78, 5) is 23.0. The van der Waals surface area contributed by atoms with Crippen LogP contribution in [0.3, 0.4) is 0 Å². The van der Waals surface area contributed by atoms with Crippen molar-refractivity contribution in [2.45, 2.75) is 38.3 Å². The van der Waals surface area contributed by atoms with Crippen LogP contribution in [0.5, 0.6) is 0 Å². The third kappa shape index (κ3) is 3.46. The second-order valence-corrected chi connectivity index (χ2v) is 5.13. The Morgan fingerprint density at radius 3 is 3.14 bits per heavy atom. The second kappa shape index (κ2) is 6.04. The van der Waals surface area contributed by atoms with Gasteiger partial charge in [-0.2, -0.15) is 10.2 Å². The molecule has 0 radical (unpaired) electrons. The van der Waals surface area contributed by atoms with Crippen molar-refractivity contribution >= 4 is 23.2 Å². The molecule has 2 aliphatic rings. The maximum Gasteiger partial charge on any atom is 0.271 e. The van der Waals surface area contributed by atoms with Crippen molar-refractivity contribution in [2.75, 3.05) is 11.9 Å². The number of nitrogens with one attached hydrogen (secondary N) is 2. The topological polar surface area (TPSA) is 97.6 Å². The van der Waals surface area contributed by atoms with Crippen LogP contribution in [-0.4, -0.2) is 40.0 Å². The third-order valence-corrected chi connectivity index (χ3v) is 3.47. The molecule has 2 aliphatic heterocycles. The van der Waals surface area contributed by atoms with Crippen molar-refractivity contribution in [3.63, 3.8) is 0 Å². The minimum absolute atomic E-state index is 0.170. The quantitative estimate of drug-likeness (QED) is 0.831. The highest BCUT2D eigenvalue weighted by Crippen LogP contribution is 2.15. The van der Waals surface area contributed by atoms with Gasteiger partial charge in [0.15, 0.2) is 0 Å². The van der Waals surface area contributed by atoms with Gasteiger partial charge in [0.05, 0.1) is 24.5 Å². The molecule has 0 aliphatic carbocycles. The van der Waals surface area contributed by atoms with Gasteiger partial charge in [-0.25, -0.2) is 5.43 Å². The van der Waals surface area contributed by atoms with Gasteiger partial charge < -0.3 is 10.1 Å². The highest BCUT2D eigenvalue weighted by Gasteiger charge is 2.19. The first-order valence-corrected chi connectivity index (χ1v) is 7.01. The van der Waals surface area contributed by atoms with E-state index in [1.165, 1.54) is 0 Å². The standard InChI is InChI=1S/C13H17N5O3/c19-12-4-3-11(16-17-12)13(20)15-9-6-14-18(7-9)8-10-2-1-5-21-10/h6-7,10H,1-5,8H2,(H,15,20)(H,17,19). The van der Waals surface area contributed by atoms with Crippen LogP contribution in [0.15, 0.2) is 17.5 Å². The molecule has 8 heteroatoms. The summed E-state index contributed by atoms with van der Waals surface area (Å²) in [6.07, 6.45) is 6.31. The molecule has 1 aromatic heterocycles. The highest BCUT2D eigenvalue weighted by molar-refractivity contribution is 6.43. The number of ether oxygens (including phenoxy) is 1. The number of hydrogen-bond donors (Lipinski definition) is 2. The molecule has 112 valence electrons. The third-order valence-electron chi connectivity index (χ3n) is 3.47. The number of anilines is 1. The van der Waals surface area contributed by atoms with Crippen LogP contribution in [0.2, 0.25) is 0 Å². The van der Waals surface area contributed by atoms with Crippen molar-refractivity contribution in [1.29, 1.82) is 0 Å². The van der Waals surface area contributed by atoms with Gasteiger partial charge in [-0.1, -0.05) is 0 Å². The maximum atomic E-state index is 12.0. The number of carbonyl (C=O) groups is 2. The molecule has 1 atom stereocenters. The lowest BCUT2D eigenvalue weighted by Gasteiger charge is -2.11. The monoisotopic (exact) mass is 291 g/mol. The fourth-order valence-electron chi connectivity index (χ4n) is 2.37. The molecular formula is C13H17N5O3. The predicted octanol–water partition coefficient (Wildman–Crippen LogP) is 0.267. The van der Waals surface area contributed by atoms with Gasteiger partial charge in [0, 0.05) is 25.6 Å². The molecule has 3 rings (SSSR count). The number of aromatic nitrogens is 2. The van der Waals surface area contributed by atoms with E-state index in [9.17, 15) is 9.59 Å². The van der Waals surface area contributed by atoms with E-state index >= 15 is 0 Å². The van der Waals surface area contributed by atoms with E-state index in [0.29, 0.717) is 24.4 Å². The smallest absolute Gasteiger partial charge is 0.271 e. The fourth-order valence-corrected chi connectivity index (χ4v) is 2.37. The molecule has 8 nitrogen and oxygen atoms in total. The van der Waals surface area contributed by atoms with Gasteiger partial charge >= 0.3 is 0 Å². The number of carbonyl (C=O) groups excluding carboxylic acids is 2. The summed E-state index contributed by atoms with van der Waals surface area (Å²) in [7, 11) is 0. The van der Waals surface area contributed by atoms with E-state index in [1.54, 1.807) is 17.1 Å². The molecular weight excluding hydrogens is 274 g/mol. The Hall–Kier alpha value is -2.22. The van der Waals surface area contributed by atoms with E-state index in [4.69, 9.17) is 4.74 Å². The summed E-state index contributed by atoms with van der Waals surface area (Å²) in [5.74, 6) is -0.484. The molecule has 0 bridgehead atoms. The Morgan fingerprint density at radius 1 is 1.52 bits per heavy atom. The number of amides is 2. The van der Waals surface area contributed by atoms with Gasteiger partial charge in [0.1, 0.15) is 5.71 Å². The molecule has 0 aromatic carbocycles. The minimum atomic E-state index is -0.313. The molecule has 1 aromatic rings. The summed E-state index contributed by atoms with van der Waals surface area (Å²) < 4.78 is 7.30. The highest BCUT2D eigenvalue weighted by atomic mass is 16.5. The fraction of sp³-hybridized carbons (Fsp3) is 0.538. The number of hydrazone groups is 1. The molecule has 3 heterocycles. The van der Waals surface area contributed by atoms with Crippen LogP contribution in [0.4, 0.5) is 5.69 Å². The normalized spacial score (nSPS) is 21.8. The maximum absolute atomic E-state index is 12.0. The molecule has 21 heavy (non-hydrogen) atoms. The zero-order valence-corrected chi connectivity index (χ0v) is 11.5. The Kier molecular flexibility index (Phi) is 3.96. The zero-order valence-electron chi connectivity index (χ0n) is 11.5. The number of rotatable bonds is 4. The van der Waals surface area contributed by atoms with Crippen molar-refractivity contribution < 1.29 is 14.3 Å². The molecule has 1 fully saturated rings. The van der Waals surface area contributed by atoms with E-state index < -0.39 is 0 Å². The van der Waals surface area contributed by atoms with Crippen LogP contribution in [0.25, 0.3) is 0 Å². The van der Waals surface area contributed by atoms with Gasteiger partial charge in [0.2, 0.25) is 5.91 Å². The second-order valence-electron chi connectivity index (χ2n) is 5.13. The van der Waals surface area contributed by atoms with Crippen molar-refractivity contribution in [1.82, 2.24) is 15.2 Å². The van der Waals surface area contributed by atoms with Crippen molar-refractivity contribution in [3.8, 4) is 0 Å². The largest absolute Gasteiger partial charge is 0.376 e. The first kappa shape index (κ1) is 13.7. The van der Waals surface area contributed by atoms with Crippen LogP contribution >= 0.6 is 0 Å². The number of nitrogens with zero attached hydrogens (tertiary/aromatic N) is 3. The first-order chi connectivity index (χ1) is 10.2. The van der Waals surface area contributed by atoms with E-state index in [1.807, 2.05) is 0 Å². The molecule has 1 unspecified atom stereocenters. The molecule has 2 amide bonds. The van der Waals surface area contributed by atoms with E-state index in [-0.39, 0.29) is 24.3 Å².